The van der Waals surface area contributed by atoms with Crippen LogP contribution < -0.4 is 0 Å². The lowest BCUT2D eigenvalue weighted by Crippen LogP contribution is -2.46. The van der Waals surface area contributed by atoms with Crippen molar-refractivity contribution in [1.29, 1.82) is 0 Å². The van der Waals surface area contributed by atoms with Crippen molar-refractivity contribution in [3.8, 4) is 0 Å². The van der Waals surface area contributed by atoms with Gasteiger partial charge in [-0.05, 0) is 20.8 Å². The Hall–Kier alpha value is -0.810. The molecule has 1 aliphatic heterocycles. The van der Waals surface area contributed by atoms with Crippen molar-refractivity contribution in [2.75, 3.05) is 40.5 Å². The third-order valence-electron chi connectivity index (χ3n) is 3.72. The summed E-state index contributed by atoms with van der Waals surface area (Å²) in [6, 6.07) is 0.263. The van der Waals surface area contributed by atoms with Gasteiger partial charge in [0.2, 0.25) is 0 Å². The first-order chi connectivity index (χ1) is 7.96. The monoisotopic (exact) mass is 244 g/mol. The van der Waals surface area contributed by atoms with Gasteiger partial charge in [0.25, 0.3) is 0 Å². The Bertz CT molecular complexity index is 268. The van der Waals surface area contributed by atoms with Gasteiger partial charge in [-0.3, -0.25) is 0 Å². The lowest BCUT2D eigenvalue weighted by molar-refractivity contribution is 0.117. The number of methoxy groups -OCH3 is 2. The normalized spacial score (nSPS) is 23.6. The summed E-state index contributed by atoms with van der Waals surface area (Å²) >= 11 is 0. The highest BCUT2D eigenvalue weighted by Gasteiger charge is 2.48. The summed E-state index contributed by atoms with van der Waals surface area (Å²) in [7, 11) is 3.30. The van der Waals surface area contributed by atoms with Crippen LogP contribution in [0.1, 0.15) is 20.8 Å². The smallest absolute Gasteiger partial charge is 0.321 e. The van der Waals surface area contributed by atoms with Crippen molar-refractivity contribution in [2.24, 2.45) is 0 Å². The van der Waals surface area contributed by atoms with Crippen molar-refractivity contribution >= 4 is 6.03 Å². The standard InChI is InChI=1S/C12H24N2O3/c1-10-12(2,3)14(7-9-17-5)11(15)13(10)6-8-16-4/h10H,6-9H2,1-5H3. The third kappa shape index (κ3) is 2.72. The minimum atomic E-state index is -0.163. The molecule has 1 rings (SSSR count). The maximum atomic E-state index is 12.3. The molecule has 1 atom stereocenters. The van der Waals surface area contributed by atoms with Crippen LogP contribution in [0.15, 0.2) is 0 Å². The minimum Gasteiger partial charge on any atom is -0.383 e. The van der Waals surface area contributed by atoms with Gasteiger partial charge in [0.05, 0.1) is 24.8 Å². The summed E-state index contributed by atoms with van der Waals surface area (Å²) in [5.41, 5.74) is -0.163. The van der Waals surface area contributed by atoms with Gasteiger partial charge in [-0.1, -0.05) is 0 Å². The quantitative estimate of drug-likeness (QED) is 0.704. The molecule has 1 unspecified atom stereocenters. The molecular weight excluding hydrogens is 220 g/mol. The number of nitrogens with zero attached hydrogens (tertiary/aromatic N) is 2. The number of hydrogen-bond donors (Lipinski definition) is 0. The molecule has 0 bridgehead atoms. The molecule has 0 radical (unpaired) electrons. The molecule has 0 aliphatic carbocycles. The number of amides is 2. The molecule has 17 heavy (non-hydrogen) atoms. The van der Waals surface area contributed by atoms with Crippen LogP contribution in [0, 0.1) is 0 Å². The van der Waals surface area contributed by atoms with Crippen molar-refractivity contribution in [3.63, 3.8) is 0 Å². The number of rotatable bonds is 6. The van der Waals surface area contributed by atoms with E-state index in [1.807, 2.05) is 9.80 Å². The Morgan fingerprint density at radius 1 is 1.18 bits per heavy atom. The molecule has 0 saturated carbocycles. The molecule has 0 aromatic carbocycles. The Balaban J connectivity index is 2.75. The van der Waals surface area contributed by atoms with E-state index < -0.39 is 0 Å². The zero-order valence-corrected chi connectivity index (χ0v) is 11.5. The molecule has 1 heterocycles. The van der Waals surface area contributed by atoms with Crippen molar-refractivity contribution in [3.05, 3.63) is 0 Å². The van der Waals surface area contributed by atoms with E-state index in [0.29, 0.717) is 26.3 Å². The van der Waals surface area contributed by atoms with Gasteiger partial charge in [-0.2, -0.15) is 0 Å². The topological polar surface area (TPSA) is 42.0 Å². The summed E-state index contributed by atoms with van der Waals surface area (Å²) in [6.45, 7) is 8.69. The SMILES string of the molecule is COCCN1C(=O)N(CCOC)C(C)(C)C1C. The molecule has 0 aromatic heterocycles. The number of carbonyl (C=O) groups excluding carboxylic acids is 1. The molecule has 1 fully saturated rings. The maximum absolute atomic E-state index is 12.3. The van der Waals surface area contributed by atoms with Gasteiger partial charge in [-0.25, -0.2) is 4.79 Å². The third-order valence-corrected chi connectivity index (χ3v) is 3.72. The second-order valence-corrected chi connectivity index (χ2v) is 4.94. The Morgan fingerprint density at radius 3 is 2.24 bits per heavy atom. The summed E-state index contributed by atoms with van der Waals surface area (Å²) in [4.78, 5) is 16.0. The summed E-state index contributed by atoms with van der Waals surface area (Å²) in [6.07, 6.45) is 0. The Morgan fingerprint density at radius 2 is 1.71 bits per heavy atom. The van der Waals surface area contributed by atoms with Crippen LogP contribution in [-0.4, -0.2) is 67.9 Å². The molecule has 0 spiro atoms. The van der Waals surface area contributed by atoms with Crippen LogP contribution in [0.5, 0.6) is 0 Å². The lowest BCUT2D eigenvalue weighted by Gasteiger charge is -2.33. The van der Waals surface area contributed by atoms with Crippen LogP contribution in [0.25, 0.3) is 0 Å². The lowest BCUT2D eigenvalue weighted by atomic mass is 9.96. The average molecular weight is 244 g/mol. The van der Waals surface area contributed by atoms with Crippen molar-refractivity contribution in [2.45, 2.75) is 32.4 Å². The first kappa shape index (κ1) is 14.3. The Labute approximate surface area is 104 Å². The molecule has 100 valence electrons. The average Bonchev–Trinajstić information content (AvgIpc) is 2.43. The van der Waals surface area contributed by atoms with Gasteiger partial charge < -0.3 is 19.3 Å². The first-order valence-electron chi connectivity index (χ1n) is 6.03. The summed E-state index contributed by atoms with van der Waals surface area (Å²) in [5, 5.41) is 0. The van der Waals surface area contributed by atoms with E-state index in [-0.39, 0.29) is 17.6 Å². The molecule has 2 amide bonds. The predicted molar refractivity (Wildman–Crippen MR) is 66.1 cm³/mol. The highest BCUT2D eigenvalue weighted by atomic mass is 16.5. The zero-order chi connectivity index (χ0) is 13.1. The molecule has 0 aromatic rings. The summed E-state index contributed by atoms with van der Waals surface area (Å²) < 4.78 is 10.1. The fraction of sp³-hybridized carbons (Fsp3) is 0.917. The zero-order valence-electron chi connectivity index (χ0n) is 11.5. The molecule has 0 N–H and O–H groups in total. The van der Waals surface area contributed by atoms with Crippen molar-refractivity contribution in [1.82, 2.24) is 9.80 Å². The van der Waals surface area contributed by atoms with Crippen LogP contribution in [0.3, 0.4) is 0 Å². The fourth-order valence-electron chi connectivity index (χ4n) is 2.22. The highest BCUT2D eigenvalue weighted by molar-refractivity contribution is 5.78. The highest BCUT2D eigenvalue weighted by Crippen LogP contribution is 2.31. The van der Waals surface area contributed by atoms with Crippen LogP contribution in [-0.2, 0) is 9.47 Å². The molecule has 1 saturated heterocycles. The van der Waals surface area contributed by atoms with Crippen LogP contribution in [0.4, 0.5) is 4.79 Å². The first-order valence-corrected chi connectivity index (χ1v) is 6.03. The van der Waals surface area contributed by atoms with E-state index in [1.165, 1.54) is 0 Å². The minimum absolute atomic E-state index is 0.0802. The molecule has 5 heteroatoms. The Kier molecular flexibility index (Phi) is 4.77. The molecule has 1 aliphatic rings. The number of ether oxygens (including phenoxy) is 2. The van der Waals surface area contributed by atoms with E-state index in [2.05, 4.69) is 20.8 Å². The van der Waals surface area contributed by atoms with Crippen LogP contribution >= 0.6 is 0 Å². The van der Waals surface area contributed by atoms with E-state index in [4.69, 9.17) is 9.47 Å². The number of carbonyl (C=O) groups is 1. The largest absolute Gasteiger partial charge is 0.383 e. The van der Waals surface area contributed by atoms with Crippen LogP contribution in [0.2, 0.25) is 0 Å². The van der Waals surface area contributed by atoms with Gasteiger partial charge in [0.15, 0.2) is 0 Å². The predicted octanol–water partition coefficient (Wildman–Crippen LogP) is 1.18. The maximum Gasteiger partial charge on any atom is 0.321 e. The number of hydrogen-bond acceptors (Lipinski definition) is 3. The second-order valence-electron chi connectivity index (χ2n) is 4.94. The van der Waals surface area contributed by atoms with Gasteiger partial charge in [0, 0.05) is 27.3 Å². The van der Waals surface area contributed by atoms with Gasteiger partial charge in [-0.15, -0.1) is 0 Å². The van der Waals surface area contributed by atoms with E-state index in [9.17, 15) is 4.79 Å². The van der Waals surface area contributed by atoms with E-state index >= 15 is 0 Å². The van der Waals surface area contributed by atoms with Gasteiger partial charge >= 0.3 is 6.03 Å². The van der Waals surface area contributed by atoms with Gasteiger partial charge in [0.1, 0.15) is 0 Å². The van der Waals surface area contributed by atoms with Crippen molar-refractivity contribution < 1.29 is 14.3 Å². The molecular formula is C12H24N2O3. The number of urea groups is 1. The molecule has 5 nitrogen and oxygen atoms in total. The second kappa shape index (κ2) is 5.69. The van der Waals surface area contributed by atoms with E-state index in [0.717, 1.165) is 0 Å². The summed E-state index contributed by atoms with van der Waals surface area (Å²) in [5.74, 6) is 0. The van der Waals surface area contributed by atoms with E-state index in [1.54, 1.807) is 14.2 Å². The fourth-order valence-corrected chi connectivity index (χ4v) is 2.22.